The third kappa shape index (κ3) is 4.02. The lowest BCUT2D eigenvalue weighted by molar-refractivity contribution is 0.381. The zero-order valence-electron chi connectivity index (χ0n) is 12.4. The van der Waals surface area contributed by atoms with Gasteiger partial charge in [0, 0.05) is 31.4 Å². The molecule has 0 unspecified atom stereocenters. The van der Waals surface area contributed by atoms with Crippen LogP contribution in [0.1, 0.15) is 25.3 Å². The monoisotopic (exact) mass is 302 g/mol. The molecule has 1 aliphatic rings. The zero-order valence-corrected chi connectivity index (χ0v) is 13.2. The molecule has 0 radical (unpaired) electrons. The van der Waals surface area contributed by atoms with Crippen molar-refractivity contribution in [3.8, 4) is 0 Å². The molecule has 2 aromatic rings. The van der Waals surface area contributed by atoms with Crippen LogP contribution < -0.4 is 10.2 Å². The fourth-order valence-corrected chi connectivity index (χ4v) is 3.69. The maximum Gasteiger partial charge on any atom is 0.151 e. The average molecular weight is 302 g/mol. The van der Waals surface area contributed by atoms with Crippen molar-refractivity contribution in [3.63, 3.8) is 0 Å². The fourth-order valence-electron chi connectivity index (χ4n) is 3.01. The molecule has 0 aromatic carbocycles. The predicted molar refractivity (Wildman–Crippen MR) is 87.9 cm³/mol. The van der Waals surface area contributed by atoms with Crippen molar-refractivity contribution in [2.24, 2.45) is 0 Å². The summed E-state index contributed by atoms with van der Waals surface area (Å²) < 4.78 is 0. The first-order valence-corrected chi connectivity index (χ1v) is 8.55. The minimum Gasteiger partial charge on any atom is -0.354 e. The van der Waals surface area contributed by atoms with Crippen LogP contribution in [0, 0.1) is 0 Å². The third-order valence-corrected chi connectivity index (χ3v) is 4.68. The summed E-state index contributed by atoms with van der Waals surface area (Å²) in [6.07, 6.45) is 5.28. The van der Waals surface area contributed by atoms with E-state index in [1.807, 2.05) is 12.1 Å². The van der Waals surface area contributed by atoms with Gasteiger partial charge in [-0.15, -0.1) is 5.10 Å². The Morgan fingerprint density at radius 1 is 1.48 bits per heavy atom. The Kier molecular flexibility index (Phi) is 4.83. The SMILES string of the molecule is C[C@H](Cc1ccsc1)N[C@H]1CCCN(c2cccnn2)C1. The van der Waals surface area contributed by atoms with E-state index < -0.39 is 0 Å². The smallest absolute Gasteiger partial charge is 0.151 e. The van der Waals surface area contributed by atoms with Crippen molar-refractivity contribution in [2.75, 3.05) is 18.0 Å². The summed E-state index contributed by atoms with van der Waals surface area (Å²) in [5, 5.41) is 16.4. The first kappa shape index (κ1) is 14.5. The van der Waals surface area contributed by atoms with Crippen molar-refractivity contribution < 1.29 is 0 Å². The van der Waals surface area contributed by atoms with Crippen molar-refractivity contribution in [2.45, 2.75) is 38.3 Å². The largest absolute Gasteiger partial charge is 0.354 e. The third-order valence-electron chi connectivity index (χ3n) is 3.95. The van der Waals surface area contributed by atoms with Crippen LogP contribution in [-0.2, 0) is 6.42 Å². The van der Waals surface area contributed by atoms with Crippen LogP contribution in [0.15, 0.2) is 35.2 Å². The van der Waals surface area contributed by atoms with E-state index in [1.54, 1.807) is 17.5 Å². The normalized spacial score (nSPS) is 20.4. The lowest BCUT2D eigenvalue weighted by Gasteiger charge is -2.35. The Morgan fingerprint density at radius 3 is 3.19 bits per heavy atom. The molecule has 0 bridgehead atoms. The molecule has 0 aliphatic carbocycles. The van der Waals surface area contributed by atoms with Gasteiger partial charge in [-0.2, -0.15) is 16.4 Å². The van der Waals surface area contributed by atoms with Gasteiger partial charge in [0.2, 0.25) is 0 Å². The summed E-state index contributed by atoms with van der Waals surface area (Å²) in [5.74, 6) is 0.995. The second-order valence-corrected chi connectivity index (χ2v) is 6.55. The van der Waals surface area contributed by atoms with Gasteiger partial charge in [0.15, 0.2) is 5.82 Å². The van der Waals surface area contributed by atoms with Crippen LogP contribution in [0.2, 0.25) is 0 Å². The first-order chi connectivity index (χ1) is 10.3. The predicted octanol–water partition coefficient (Wildman–Crippen LogP) is 2.73. The number of hydrogen-bond acceptors (Lipinski definition) is 5. The molecule has 0 amide bonds. The van der Waals surface area contributed by atoms with Gasteiger partial charge in [-0.3, -0.25) is 0 Å². The number of thiophene rings is 1. The van der Waals surface area contributed by atoms with Crippen LogP contribution >= 0.6 is 11.3 Å². The Morgan fingerprint density at radius 2 is 2.43 bits per heavy atom. The van der Waals surface area contributed by atoms with E-state index >= 15 is 0 Å². The fraction of sp³-hybridized carbons (Fsp3) is 0.500. The summed E-state index contributed by atoms with van der Waals surface area (Å²) in [6, 6.07) is 7.26. The minimum atomic E-state index is 0.506. The lowest BCUT2D eigenvalue weighted by Crippen LogP contribution is -2.49. The lowest BCUT2D eigenvalue weighted by atomic mass is 10.0. The van der Waals surface area contributed by atoms with Crippen molar-refractivity contribution >= 4 is 17.2 Å². The van der Waals surface area contributed by atoms with Crippen LogP contribution in [0.4, 0.5) is 5.82 Å². The maximum atomic E-state index is 4.23. The second-order valence-electron chi connectivity index (χ2n) is 5.77. The van der Waals surface area contributed by atoms with Gasteiger partial charge in [0.1, 0.15) is 0 Å². The number of nitrogens with one attached hydrogen (secondary N) is 1. The molecule has 2 atom stereocenters. The van der Waals surface area contributed by atoms with Gasteiger partial charge >= 0.3 is 0 Å². The molecule has 3 heterocycles. The number of hydrogen-bond donors (Lipinski definition) is 1. The molecule has 1 fully saturated rings. The molecular weight excluding hydrogens is 280 g/mol. The topological polar surface area (TPSA) is 41.0 Å². The molecule has 1 saturated heterocycles. The van der Waals surface area contributed by atoms with Crippen molar-refractivity contribution in [1.29, 1.82) is 0 Å². The van der Waals surface area contributed by atoms with Gasteiger partial charge in [-0.05, 0) is 60.7 Å². The highest BCUT2D eigenvalue weighted by molar-refractivity contribution is 7.07. The van der Waals surface area contributed by atoms with E-state index in [0.29, 0.717) is 12.1 Å². The Bertz CT molecular complexity index is 528. The molecule has 1 aliphatic heterocycles. The number of anilines is 1. The van der Waals surface area contributed by atoms with Gasteiger partial charge < -0.3 is 10.2 Å². The molecule has 1 N–H and O–H groups in total. The van der Waals surface area contributed by atoms with E-state index in [-0.39, 0.29) is 0 Å². The molecule has 0 saturated carbocycles. The summed E-state index contributed by atoms with van der Waals surface area (Å²) in [5.41, 5.74) is 1.43. The molecular formula is C16H22N4S. The van der Waals surface area contributed by atoms with Crippen LogP contribution in [0.25, 0.3) is 0 Å². The molecule has 112 valence electrons. The van der Waals surface area contributed by atoms with Gasteiger partial charge in [0.25, 0.3) is 0 Å². The highest BCUT2D eigenvalue weighted by atomic mass is 32.1. The molecule has 0 spiro atoms. The molecule has 21 heavy (non-hydrogen) atoms. The van der Waals surface area contributed by atoms with Crippen molar-refractivity contribution in [1.82, 2.24) is 15.5 Å². The molecule has 3 rings (SSSR count). The van der Waals surface area contributed by atoms with Gasteiger partial charge in [-0.1, -0.05) is 0 Å². The van der Waals surface area contributed by atoms with E-state index in [0.717, 1.165) is 25.3 Å². The zero-order chi connectivity index (χ0) is 14.5. The van der Waals surface area contributed by atoms with E-state index in [4.69, 9.17) is 0 Å². The van der Waals surface area contributed by atoms with Gasteiger partial charge in [0.05, 0.1) is 0 Å². The minimum absolute atomic E-state index is 0.506. The van der Waals surface area contributed by atoms with Crippen LogP contribution in [0.5, 0.6) is 0 Å². The standard InChI is InChI=1S/C16H22N4S/c1-13(10-14-6-9-21-12-14)18-15-4-3-8-20(11-15)16-5-2-7-17-19-16/h2,5-7,9,12-13,15,18H,3-4,8,10-11H2,1H3/t13-,15+/m1/s1. The summed E-state index contributed by atoms with van der Waals surface area (Å²) >= 11 is 1.77. The van der Waals surface area contributed by atoms with Crippen LogP contribution in [0.3, 0.4) is 0 Å². The molecule has 2 aromatic heterocycles. The number of rotatable bonds is 5. The average Bonchev–Trinajstić information content (AvgIpc) is 3.01. The Hall–Kier alpha value is -1.46. The Balaban J connectivity index is 1.54. The van der Waals surface area contributed by atoms with E-state index in [2.05, 4.69) is 44.2 Å². The molecule has 5 heteroatoms. The van der Waals surface area contributed by atoms with Gasteiger partial charge in [-0.25, -0.2) is 0 Å². The summed E-state index contributed by atoms with van der Waals surface area (Å²) in [6.45, 7) is 4.38. The number of nitrogens with zero attached hydrogens (tertiary/aromatic N) is 3. The first-order valence-electron chi connectivity index (χ1n) is 7.61. The summed E-state index contributed by atoms with van der Waals surface area (Å²) in [7, 11) is 0. The Labute approximate surface area is 130 Å². The van der Waals surface area contributed by atoms with Crippen molar-refractivity contribution in [3.05, 3.63) is 40.7 Å². The second kappa shape index (κ2) is 7.00. The van der Waals surface area contributed by atoms with Crippen LogP contribution in [-0.4, -0.2) is 35.4 Å². The number of aromatic nitrogens is 2. The highest BCUT2D eigenvalue weighted by Gasteiger charge is 2.22. The van der Waals surface area contributed by atoms with E-state index in [1.165, 1.54) is 18.4 Å². The maximum absolute atomic E-state index is 4.23. The molecule has 4 nitrogen and oxygen atoms in total. The highest BCUT2D eigenvalue weighted by Crippen LogP contribution is 2.17. The summed E-state index contributed by atoms with van der Waals surface area (Å²) in [4.78, 5) is 2.34. The van der Waals surface area contributed by atoms with E-state index in [9.17, 15) is 0 Å². The quantitative estimate of drug-likeness (QED) is 0.922. The number of piperidine rings is 1.